The van der Waals surface area contributed by atoms with Crippen LogP contribution in [0.15, 0.2) is 29.6 Å². The fourth-order valence-electron chi connectivity index (χ4n) is 1.79. The van der Waals surface area contributed by atoms with Crippen molar-refractivity contribution in [2.75, 3.05) is 6.61 Å². The predicted molar refractivity (Wildman–Crippen MR) is 85.5 cm³/mol. The van der Waals surface area contributed by atoms with Crippen LogP contribution in [-0.2, 0) is 0 Å². The van der Waals surface area contributed by atoms with Gasteiger partial charge < -0.3 is 10.4 Å². The van der Waals surface area contributed by atoms with Crippen molar-refractivity contribution in [3.8, 4) is 10.6 Å². The number of amides is 1. The minimum absolute atomic E-state index is 0.0177. The van der Waals surface area contributed by atoms with E-state index in [0.29, 0.717) is 5.69 Å². The number of benzene rings is 1. The van der Waals surface area contributed by atoms with E-state index in [-0.39, 0.29) is 24.5 Å². The second-order valence-electron chi connectivity index (χ2n) is 5.33. The first-order valence-corrected chi connectivity index (χ1v) is 7.83. The fourth-order valence-corrected chi connectivity index (χ4v) is 2.59. The van der Waals surface area contributed by atoms with E-state index in [4.69, 9.17) is 5.11 Å². The third-order valence-corrected chi connectivity index (χ3v) is 4.43. The number of thiazole rings is 1. The zero-order chi connectivity index (χ0) is 15.4. The number of aryl methyl sites for hydroxylation is 1. The van der Waals surface area contributed by atoms with Crippen LogP contribution in [0.25, 0.3) is 10.6 Å². The minimum atomic E-state index is -0.197. The molecule has 0 aliphatic rings. The topological polar surface area (TPSA) is 62.2 Å². The molecule has 2 aromatic rings. The van der Waals surface area contributed by atoms with Crippen molar-refractivity contribution in [3.63, 3.8) is 0 Å². The van der Waals surface area contributed by atoms with Gasteiger partial charge in [-0.3, -0.25) is 4.79 Å². The number of hydrogen-bond donors (Lipinski definition) is 2. The monoisotopic (exact) mass is 304 g/mol. The molecule has 0 saturated heterocycles. The third kappa shape index (κ3) is 3.89. The molecule has 112 valence electrons. The van der Waals surface area contributed by atoms with Crippen LogP contribution in [-0.4, -0.2) is 28.6 Å². The molecular weight excluding hydrogens is 284 g/mol. The maximum atomic E-state index is 12.1. The molecule has 5 heteroatoms. The number of aromatic nitrogens is 1. The lowest BCUT2D eigenvalue weighted by Crippen LogP contribution is -2.38. The van der Waals surface area contributed by atoms with Crippen LogP contribution >= 0.6 is 11.3 Å². The van der Waals surface area contributed by atoms with E-state index in [9.17, 15) is 4.79 Å². The van der Waals surface area contributed by atoms with Gasteiger partial charge >= 0.3 is 0 Å². The summed E-state index contributed by atoms with van der Waals surface area (Å²) in [4.78, 5) is 16.5. The Morgan fingerprint density at radius 1 is 1.33 bits per heavy atom. The quantitative estimate of drug-likeness (QED) is 0.893. The van der Waals surface area contributed by atoms with Gasteiger partial charge in [-0.2, -0.15) is 0 Å². The molecule has 4 nitrogen and oxygen atoms in total. The highest BCUT2D eigenvalue weighted by Crippen LogP contribution is 2.24. The van der Waals surface area contributed by atoms with Crippen molar-refractivity contribution < 1.29 is 9.90 Å². The van der Waals surface area contributed by atoms with Gasteiger partial charge in [-0.25, -0.2) is 4.98 Å². The molecule has 21 heavy (non-hydrogen) atoms. The highest BCUT2D eigenvalue weighted by atomic mass is 32.1. The summed E-state index contributed by atoms with van der Waals surface area (Å²) in [5.41, 5.74) is 2.63. The first-order valence-electron chi connectivity index (χ1n) is 6.95. The van der Waals surface area contributed by atoms with E-state index in [1.165, 1.54) is 16.9 Å². The van der Waals surface area contributed by atoms with Crippen LogP contribution in [0.5, 0.6) is 0 Å². The van der Waals surface area contributed by atoms with Crippen LogP contribution in [0, 0.1) is 12.8 Å². The Kier molecular flexibility index (Phi) is 5.09. The molecule has 1 heterocycles. The number of aliphatic hydroxyl groups is 1. The van der Waals surface area contributed by atoms with E-state index in [2.05, 4.69) is 10.3 Å². The third-order valence-electron chi connectivity index (χ3n) is 3.54. The number of nitrogens with one attached hydrogen (secondary N) is 1. The van der Waals surface area contributed by atoms with E-state index in [1.54, 1.807) is 5.38 Å². The number of carbonyl (C=O) groups excluding carboxylic acids is 1. The van der Waals surface area contributed by atoms with E-state index >= 15 is 0 Å². The predicted octanol–water partition coefficient (Wildman–Crippen LogP) is 2.87. The molecule has 2 N–H and O–H groups in total. The van der Waals surface area contributed by atoms with Crippen LogP contribution in [0.4, 0.5) is 0 Å². The van der Waals surface area contributed by atoms with Crippen LogP contribution in [0.2, 0.25) is 0 Å². The SMILES string of the molecule is Cc1ccc(-c2nc(C(=O)NC(C)C(C)CO)cs2)cc1. The fraction of sp³-hybridized carbons (Fsp3) is 0.375. The molecule has 1 aromatic carbocycles. The smallest absolute Gasteiger partial charge is 0.270 e. The Balaban J connectivity index is 2.09. The summed E-state index contributed by atoms with van der Waals surface area (Å²) < 4.78 is 0. The standard InChI is InChI=1S/C16H20N2O2S/c1-10-4-6-13(7-5-10)16-18-14(9-21-16)15(20)17-12(3)11(2)8-19/h4-7,9,11-12,19H,8H2,1-3H3,(H,17,20). The molecule has 0 radical (unpaired) electrons. The van der Waals surface area contributed by atoms with Gasteiger partial charge in [0.1, 0.15) is 10.7 Å². The van der Waals surface area contributed by atoms with Crippen LogP contribution in [0.1, 0.15) is 29.9 Å². The molecule has 1 aromatic heterocycles. The molecule has 0 aliphatic heterocycles. The van der Waals surface area contributed by atoms with Gasteiger partial charge in [0.2, 0.25) is 0 Å². The van der Waals surface area contributed by atoms with Gasteiger partial charge in [0, 0.05) is 23.6 Å². The molecule has 0 saturated carbocycles. The van der Waals surface area contributed by atoms with Gasteiger partial charge in [-0.15, -0.1) is 11.3 Å². The number of hydrogen-bond acceptors (Lipinski definition) is 4. The summed E-state index contributed by atoms with van der Waals surface area (Å²) in [6.45, 7) is 5.86. The average Bonchev–Trinajstić information content (AvgIpc) is 2.97. The van der Waals surface area contributed by atoms with Gasteiger partial charge in [0.25, 0.3) is 5.91 Å². The minimum Gasteiger partial charge on any atom is -0.396 e. The zero-order valence-electron chi connectivity index (χ0n) is 12.5. The van der Waals surface area contributed by atoms with Crippen molar-refractivity contribution in [3.05, 3.63) is 40.9 Å². The normalized spacial score (nSPS) is 13.7. The highest BCUT2D eigenvalue weighted by Gasteiger charge is 2.17. The van der Waals surface area contributed by atoms with Crippen molar-refractivity contribution in [2.24, 2.45) is 5.92 Å². The van der Waals surface area contributed by atoms with Crippen LogP contribution < -0.4 is 5.32 Å². The lowest BCUT2D eigenvalue weighted by molar-refractivity contribution is 0.0912. The molecule has 0 spiro atoms. The Morgan fingerprint density at radius 3 is 2.62 bits per heavy atom. The summed E-state index contributed by atoms with van der Waals surface area (Å²) in [6.07, 6.45) is 0. The Hall–Kier alpha value is -1.72. The number of rotatable bonds is 5. The molecule has 0 bridgehead atoms. The summed E-state index contributed by atoms with van der Waals surface area (Å²) in [6, 6.07) is 7.98. The molecule has 2 rings (SSSR count). The maximum absolute atomic E-state index is 12.1. The molecule has 1 amide bonds. The lowest BCUT2D eigenvalue weighted by Gasteiger charge is -2.18. The number of carbonyl (C=O) groups is 1. The summed E-state index contributed by atoms with van der Waals surface area (Å²) in [5.74, 6) is -0.179. The second-order valence-corrected chi connectivity index (χ2v) is 6.18. The highest BCUT2D eigenvalue weighted by molar-refractivity contribution is 7.13. The number of aliphatic hydroxyl groups excluding tert-OH is 1. The summed E-state index contributed by atoms with van der Waals surface area (Å²) >= 11 is 1.46. The van der Waals surface area contributed by atoms with Crippen molar-refractivity contribution >= 4 is 17.2 Å². The van der Waals surface area contributed by atoms with E-state index < -0.39 is 0 Å². The Labute approximate surface area is 128 Å². The Bertz CT molecular complexity index is 607. The molecular formula is C16H20N2O2S. The lowest BCUT2D eigenvalue weighted by atomic mass is 10.1. The molecule has 0 aliphatic carbocycles. The second kappa shape index (κ2) is 6.83. The molecule has 2 atom stereocenters. The van der Waals surface area contributed by atoms with Crippen molar-refractivity contribution in [2.45, 2.75) is 26.8 Å². The molecule has 2 unspecified atom stereocenters. The van der Waals surface area contributed by atoms with Gasteiger partial charge in [0.15, 0.2) is 0 Å². The van der Waals surface area contributed by atoms with Gasteiger partial charge in [-0.1, -0.05) is 36.8 Å². The van der Waals surface area contributed by atoms with Gasteiger partial charge in [0.05, 0.1) is 0 Å². The maximum Gasteiger partial charge on any atom is 0.270 e. The average molecular weight is 304 g/mol. The largest absolute Gasteiger partial charge is 0.396 e. The van der Waals surface area contributed by atoms with Crippen LogP contribution in [0.3, 0.4) is 0 Å². The zero-order valence-corrected chi connectivity index (χ0v) is 13.3. The molecule has 0 fully saturated rings. The van der Waals surface area contributed by atoms with E-state index in [1.807, 2.05) is 45.0 Å². The van der Waals surface area contributed by atoms with Gasteiger partial charge in [-0.05, 0) is 19.8 Å². The summed E-state index contributed by atoms with van der Waals surface area (Å²) in [5, 5.41) is 14.6. The summed E-state index contributed by atoms with van der Waals surface area (Å²) in [7, 11) is 0. The van der Waals surface area contributed by atoms with Crippen molar-refractivity contribution in [1.82, 2.24) is 10.3 Å². The number of nitrogens with zero attached hydrogens (tertiary/aromatic N) is 1. The first-order chi connectivity index (χ1) is 10.0. The first kappa shape index (κ1) is 15.7. The van der Waals surface area contributed by atoms with E-state index in [0.717, 1.165) is 10.6 Å². The Morgan fingerprint density at radius 2 is 2.00 bits per heavy atom. The van der Waals surface area contributed by atoms with Crippen molar-refractivity contribution in [1.29, 1.82) is 0 Å².